The van der Waals surface area contributed by atoms with Crippen molar-refractivity contribution >= 4 is 29.3 Å². The molecule has 0 aromatic heterocycles. The van der Waals surface area contributed by atoms with Crippen molar-refractivity contribution in [2.45, 2.75) is 51.8 Å². The van der Waals surface area contributed by atoms with Crippen LogP contribution < -0.4 is 9.80 Å². The summed E-state index contributed by atoms with van der Waals surface area (Å²) in [7, 11) is 0. The van der Waals surface area contributed by atoms with Gasteiger partial charge in [0.05, 0.1) is 6.54 Å². The zero-order valence-corrected chi connectivity index (χ0v) is 21.7. The predicted octanol–water partition coefficient (Wildman–Crippen LogP) is 5.32. The standard InChI is InChI=1S/C31H33N3O4/c1-2-32(26-15-17-27(18-16-26)33-19-9-8-14-29(33)35)30(36)28-20-24-12-6-7-13-25(24)21-34(28)31(37)38-22-23-10-4-3-5-11-23/h3-7,10-13,15-18,28H,2,8-9,14,19-22H2,1H3/t28-/m0/s1. The van der Waals surface area contributed by atoms with Crippen molar-refractivity contribution in [3.05, 3.63) is 95.6 Å². The van der Waals surface area contributed by atoms with Crippen LogP contribution in [0.2, 0.25) is 0 Å². The summed E-state index contributed by atoms with van der Waals surface area (Å²) in [5.41, 5.74) is 4.56. The molecule has 3 amide bonds. The molecule has 1 saturated heterocycles. The van der Waals surface area contributed by atoms with Crippen LogP contribution in [-0.2, 0) is 33.9 Å². The normalized spacial score (nSPS) is 17.1. The molecule has 7 nitrogen and oxygen atoms in total. The van der Waals surface area contributed by atoms with E-state index in [9.17, 15) is 14.4 Å². The van der Waals surface area contributed by atoms with Crippen LogP contribution in [0.15, 0.2) is 78.9 Å². The minimum absolute atomic E-state index is 0.137. The number of hydrogen-bond donors (Lipinski definition) is 0. The number of nitrogens with zero attached hydrogens (tertiary/aromatic N) is 3. The van der Waals surface area contributed by atoms with Crippen molar-refractivity contribution in [3.8, 4) is 0 Å². The highest BCUT2D eigenvalue weighted by Gasteiger charge is 2.38. The van der Waals surface area contributed by atoms with Crippen molar-refractivity contribution in [1.29, 1.82) is 0 Å². The maximum atomic E-state index is 14.0. The van der Waals surface area contributed by atoms with E-state index < -0.39 is 12.1 Å². The molecule has 38 heavy (non-hydrogen) atoms. The SMILES string of the molecule is CCN(C(=O)[C@@H]1Cc2ccccc2CN1C(=O)OCc1ccccc1)c1ccc(N2CCCCC2=O)cc1. The number of ether oxygens (including phenoxy) is 1. The second kappa shape index (κ2) is 11.5. The zero-order valence-electron chi connectivity index (χ0n) is 21.7. The van der Waals surface area contributed by atoms with Crippen molar-refractivity contribution in [3.63, 3.8) is 0 Å². The van der Waals surface area contributed by atoms with E-state index in [1.165, 1.54) is 0 Å². The average Bonchev–Trinajstić information content (AvgIpc) is 2.97. The van der Waals surface area contributed by atoms with E-state index in [1.807, 2.05) is 90.7 Å². The number of rotatable bonds is 6. The average molecular weight is 512 g/mol. The van der Waals surface area contributed by atoms with E-state index in [4.69, 9.17) is 4.74 Å². The Hall–Kier alpha value is -4.13. The van der Waals surface area contributed by atoms with E-state index in [0.717, 1.165) is 47.5 Å². The molecular weight excluding hydrogens is 478 g/mol. The van der Waals surface area contributed by atoms with Gasteiger partial charge in [0, 0.05) is 37.3 Å². The Morgan fingerprint density at radius 1 is 0.921 bits per heavy atom. The van der Waals surface area contributed by atoms with Gasteiger partial charge in [-0.3, -0.25) is 14.5 Å². The molecule has 7 heteroatoms. The third kappa shape index (κ3) is 5.42. The van der Waals surface area contributed by atoms with Gasteiger partial charge in [0.25, 0.3) is 0 Å². The highest BCUT2D eigenvalue weighted by atomic mass is 16.6. The molecule has 0 aliphatic carbocycles. The van der Waals surface area contributed by atoms with Gasteiger partial charge < -0.3 is 14.5 Å². The zero-order chi connectivity index (χ0) is 26.5. The van der Waals surface area contributed by atoms with Crippen LogP contribution in [0.5, 0.6) is 0 Å². The summed E-state index contributed by atoms with van der Waals surface area (Å²) in [6, 6.07) is 24.3. The Balaban J connectivity index is 1.37. The molecule has 2 heterocycles. The van der Waals surface area contributed by atoms with Gasteiger partial charge in [-0.05, 0) is 60.7 Å². The van der Waals surface area contributed by atoms with Crippen LogP contribution in [0.25, 0.3) is 0 Å². The number of likely N-dealkylation sites (N-methyl/N-ethyl adjacent to an activating group) is 1. The number of anilines is 2. The van der Waals surface area contributed by atoms with Crippen LogP contribution in [0.1, 0.15) is 42.9 Å². The highest BCUT2D eigenvalue weighted by molar-refractivity contribution is 6.00. The number of amides is 3. The first-order valence-corrected chi connectivity index (χ1v) is 13.3. The highest BCUT2D eigenvalue weighted by Crippen LogP contribution is 2.29. The third-order valence-corrected chi connectivity index (χ3v) is 7.35. The van der Waals surface area contributed by atoms with Gasteiger partial charge in [-0.1, -0.05) is 54.6 Å². The van der Waals surface area contributed by atoms with E-state index in [1.54, 1.807) is 9.80 Å². The number of carbonyl (C=O) groups excluding carboxylic acids is 3. The van der Waals surface area contributed by atoms with Gasteiger partial charge in [-0.25, -0.2) is 4.79 Å². The molecule has 2 aliphatic heterocycles. The second-order valence-electron chi connectivity index (χ2n) is 9.76. The van der Waals surface area contributed by atoms with Crippen LogP contribution in [0.3, 0.4) is 0 Å². The van der Waals surface area contributed by atoms with Crippen LogP contribution in [0, 0.1) is 0 Å². The van der Waals surface area contributed by atoms with Crippen LogP contribution in [0.4, 0.5) is 16.2 Å². The summed E-state index contributed by atoms with van der Waals surface area (Å²) < 4.78 is 5.65. The lowest BCUT2D eigenvalue weighted by Crippen LogP contribution is -2.54. The van der Waals surface area contributed by atoms with Gasteiger partial charge in [0.1, 0.15) is 12.6 Å². The molecule has 0 saturated carbocycles. The summed E-state index contributed by atoms with van der Waals surface area (Å²) in [5, 5.41) is 0. The van der Waals surface area contributed by atoms with Crippen molar-refractivity contribution in [2.75, 3.05) is 22.9 Å². The molecule has 0 bridgehead atoms. The lowest BCUT2D eigenvalue weighted by Gasteiger charge is -2.38. The number of piperidine rings is 1. The molecule has 5 rings (SSSR count). The number of benzene rings is 3. The van der Waals surface area contributed by atoms with Crippen molar-refractivity contribution in [2.24, 2.45) is 0 Å². The number of hydrogen-bond acceptors (Lipinski definition) is 4. The first-order chi connectivity index (χ1) is 18.5. The van der Waals surface area contributed by atoms with Gasteiger partial charge >= 0.3 is 6.09 Å². The molecule has 0 unspecified atom stereocenters. The minimum atomic E-state index is -0.684. The quantitative estimate of drug-likeness (QED) is 0.449. The maximum absolute atomic E-state index is 14.0. The first-order valence-electron chi connectivity index (χ1n) is 13.3. The lowest BCUT2D eigenvalue weighted by molar-refractivity contribution is -0.124. The molecule has 3 aromatic carbocycles. The van der Waals surface area contributed by atoms with E-state index in [2.05, 4.69) is 0 Å². The Morgan fingerprint density at radius 3 is 2.34 bits per heavy atom. The fraction of sp³-hybridized carbons (Fsp3) is 0.323. The summed E-state index contributed by atoms with van der Waals surface area (Å²) in [6.07, 6.45) is 2.41. The van der Waals surface area contributed by atoms with Gasteiger partial charge in [0.2, 0.25) is 11.8 Å². The van der Waals surface area contributed by atoms with Gasteiger partial charge in [0.15, 0.2) is 0 Å². The third-order valence-electron chi connectivity index (χ3n) is 7.35. The Labute approximate surface area is 223 Å². The number of fused-ring (bicyclic) bond motifs is 1. The van der Waals surface area contributed by atoms with E-state index in [-0.39, 0.29) is 18.4 Å². The molecule has 0 N–H and O–H groups in total. The fourth-order valence-electron chi connectivity index (χ4n) is 5.27. The van der Waals surface area contributed by atoms with Crippen molar-refractivity contribution in [1.82, 2.24) is 4.90 Å². The Bertz CT molecular complexity index is 1290. The molecule has 196 valence electrons. The Kier molecular flexibility index (Phi) is 7.73. The summed E-state index contributed by atoms with van der Waals surface area (Å²) in [5.74, 6) is -0.0154. The Morgan fingerprint density at radius 2 is 1.63 bits per heavy atom. The van der Waals surface area contributed by atoms with E-state index in [0.29, 0.717) is 25.9 Å². The largest absolute Gasteiger partial charge is 0.445 e. The fourth-order valence-corrected chi connectivity index (χ4v) is 5.27. The lowest BCUT2D eigenvalue weighted by atomic mass is 9.93. The van der Waals surface area contributed by atoms with Crippen LogP contribution >= 0.6 is 0 Å². The number of carbonyl (C=O) groups is 3. The van der Waals surface area contributed by atoms with Gasteiger partial charge in [-0.2, -0.15) is 0 Å². The minimum Gasteiger partial charge on any atom is -0.445 e. The molecular formula is C31H33N3O4. The monoisotopic (exact) mass is 511 g/mol. The summed E-state index contributed by atoms with van der Waals surface area (Å²) >= 11 is 0. The molecule has 1 fully saturated rings. The topological polar surface area (TPSA) is 70.2 Å². The molecule has 0 spiro atoms. The predicted molar refractivity (Wildman–Crippen MR) is 147 cm³/mol. The molecule has 3 aromatic rings. The molecule has 1 atom stereocenters. The summed E-state index contributed by atoms with van der Waals surface area (Å²) in [6.45, 7) is 3.55. The van der Waals surface area contributed by atoms with Crippen LogP contribution in [-0.4, -0.2) is 41.9 Å². The summed E-state index contributed by atoms with van der Waals surface area (Å²) in [4.78, 5) is 44.7. The second-order valence-corrected chi connectivity index (χ2v) is 9.76. The van der Waals surface area contributed by atoms with E-state index >= 15 is 0 Å². The molecule has 0 radical (unpaired) electrons. The van der Waals surface area contributed by atoms with Gasteiger partial charge in [-0.15, -0.1) is 0 Å². The molecule has 2 aliphatic rings. The maximum Gasteiger partial charge on any atom is 0.411 e. The first kappa shape index (κ1) is 25.5. The smallest absolute Gasteiger partial charge is 0.411 e. The van der Waals surface area contributed by atoms with Crippen molar-refractivity contribution < 1.29 is 19.1 Å².